The molecule has 1 aromatic rings. The zero-order valence-electron chi connectivity index (χ0n) is 12.2. The lowest BCUT2D eigenvalue weighted by molar-refractivity contribution is -0.116. The lowest BCUT2D eigenvalue weighted by Gasteiger charge is -2.39. The molecule has 3 heteroatoms. The van der Waals surface area contributed by atoms with Gasteiger partial charge in [-0.3, -0.25) is 0 Å². The predicted molar refractivity (Wildman–Crippen MR) is 77.7 cm³/mol. The lowest BCUT2D eigenvalue weighted by atomic mass is 9.80. The van der Waals surface area contributed by atoms with E-state index >= 15 is 0 Å². The Morgan fingerprint density at radius 2 is 2.30 bits per heavy atom. The number of aliphatic hydroxyl groups excluding tert-OH is 1. The highest BCUT2D eigenvalue weighted by atomic mass is 16.6. The number of aliphatic hydroxyl groups is 1. The van der Waals surface area contributed by atoms with Gasteiger partial charge in [0.05, 0.1) is 18.3 Å². The molecule has 2 aliphatic heterocycles. The van der Waals surface area contributed by atoms with Crippen LogP contribution in [0.3, 0.4) is 0 Å². The fourth-order valence-corrected chi connectivity index (χ4v) is 3.50. The van der Waals surface area contributed by atoms with Gasteiger partial charge in [-0.2, -0.15) is 0 Å². The maximum absolute atomic E-state index is 10.6. The van der Waals surface area contributed by atoms with Crippen molar-refractivity contribution in [2.75, 3.05) is 19.8 Å². The van der Waals surface area contributed by atoms with Gasteiger partial charge in [0.1, 0.15) is 0 Å². The Kier molecular flexibility index (Phi) is 4.11. The highest BCUT2D eigenvalue weighted by Crippen LogP contribution is 2.37. The van der Waals surface area contributed by atoms with Crippen molar-refractivity contribution in [2.24, 2.45) is 5.92 Å². The van der Waals surface area contributed by atoms with Crippen LogP contribution in [0.15, 0.2) is 24.3 Å². The average molecular weight is 276 g/mol. The molecule has 0 aliphatic carbocycles. The van der Waals surface area contributed by atoms with Gasteiger partial charge in [-0.05, 0) is 37.7 Å². The molecule has 1 aromatic carbocycles. The van der Waals surface area contributed by atoms with Crippen LogP contribution in [0.2, 0.25) is 0 Å². The number of hydrogen-bond donors (Lipinski definition) is 1. The Hall–Kier alpha value is -0.900. The first-order chi connectivity index (χ1) is 9.67. The molecule has 0 radical (unpaired) electrons. The maximum atomic E-state index is 10.6. The van der Waals surface area contributed by atoms with Gasteiger partial charge in [0.2, 0.25) is 0 Å². The third kappa shape index (κ3) is 3.05. The van der Waals surface area contributed by atoms with E-state index in [0.29, 0.717) is 12.5 Å². The zero-order chi connectivity index (χ0) is 14.0. The molecular weight excluding hydrogens is 252 g/mol. The van der Waals surface area contributed by atoms with E-state index in [-0.39, 0.29) is 11.7 Å². The third-order valence-corrected chi connectivity index (χ3v) is 4.67. The zero-order valence-corrected chi connectivity index (χ0v) is 12.2. The minimum atomic E-state index is -0.279. The van der Waals surface area contributed by atoms with Gasteiger partial charge in [0.15, 0.2) is 0 Å². The largest absolute Gasteiger partial charge is 0.392 e. The van der Waals surface area contributed by atoms with E-state index in [4.69, 9.17) is 9.47 Å². The summed E-state index contributed by atoms with van der Waals surface area (Å²) in [5.41, 5.74) is 2.36. The summed E-state index contributed by atoms with van der Waals surface area (Å²) in [4.78, 5) is 0. The van der Waals surface area contributed by atoms with Crippen molar-refractivity contribution in [1.82, 2.24) is 0 Å². The number of rotatable bonds is 3. The van der Waals surface area contributed by atoms with Crippen molar-refractivity contribution in [1.29, 1.82) is 0 Å². The van der Waals surface area contributed by atoms with E-state index < -0.39 is 0 Å². The summed E-state index contributed by atoms with van der Waals surface area (Å²) in [5, 5.41) is 10.6. The molecule has 0 saturated carbocycles. The molecule has 2 fully saturated rings. The molecule has 1 N–H and O–H groups in total. The van der Waals surface area contributed by atoms with Crippen LogP contribution in [-0.4, -0.2) is 36.6 Å². The van der Waals surface area contributed by atoms with E-state index in [1.807, 2.05) is 0 Å². The monoisotopic (exact) mass is 276 g/mol. The van der Waals surface area contributed by atoms with Gasteiger partial charge in [-0.25, -0.2) is 0 Å². The van der Waals surface area contributed by atoms with Crippen LogP contribution in [0.4, 0.5) is 0 Å². The SMILES string of the molecule is Cc1cccc(CC(O)C2CCOC3(CCOC3)C2)c1. The van der Waals surface area contributed by atoms with Crippen LogP contribution < -0.4 is 0 Å². The number of aryl methyl sites for hydroxylation is 1. The van der Waals surface area contributed by atoms with Gasteiger partial charge in [0, 0.05) is 19.6 Å². The Morgan fingerprint density at radius 1 is 1.40 bits per heavy atom. The summed E-state index contributed by atoms with van der Waals surface area (Å²) in [6.07, 6.45) is 3.32. The molecule has 2 saturated heterocycles. The quantitative estimate of drug-likeness (QED) is 0.922. The summed E-state index contributed by atoms with van der Waals surface area (Å²) in [6, 6.07) is 8.42. The van der Waals surface area contributed by atoms with Crippen LogP contribution in [-0.2, 0) is 15.9 Å². The first kappa shape index (κ1) is 14.1. The van der Waals surface area contributed by atoms with Crippen molar-refractivity contribution in [3.8, 4) is 0 Å². The second-order valence-electron chi connectivity index (χ2n) is 6.35. The third-order valence-electron chi connectivity index (χ3n) is 4.67. The Bertz CT molecular complexity index is 451. The highest BCUT2D eigenvalue weighted by molar-refractivity contribution is 5.22. The van der Waals surface area contributed by atoms with E-state index in [1.54, 1.807) is 0 Å². The van der Waals surface area contributed by atoms with Crippen LogP contribution >= 0.6 is 0 Å². The average Bonchev–Trinajstić information content (AvgIpc) is 2.87. The predicted octanol–water partition coefficient (Wildman–Crippen LogP) is 2.48. The molecule has 0 amide bonds. The maximum Gasteiger partial charge on any atom is 0.0940 e. The van der Waals surface area contributed by atoms with E-state index in [0.717, 1.165) is 38.9 Å². The van der Waals surface area contributed by atoms with Crippen LogP contribution in [0.25, 0.3) is 0 Å². The molecule has 3 atom stereocenters. The second kappa shape index (κ2) is 5.84. The van der Waals surface area contributed by atoms with Crippen LogP contribution in [0, 0.1) is 12.8 Å². The number of hydrogen-bond acceptors (Lipinski definition) is 3. The molecule has 0 aromatic heterocycles. The summed E-state index contributed by atoms with van der Waals surface area (Å²) in [7, 11) is 0. The number of benzene rings is 1. The Balaban J connectivity index is 1.63. The van der Waals surface area contributed by atoms with Crippen molar-refractivity contribution in [3.63, 3.8) is 0 Å². The molecule has 1 spiro atoms. The minimum Gasteiger partial charge on any atom is -0.392 e. The fraction of sp³-hybridized carbons (Fsp3) is 0.647. The summed E-state index contributed by atoms with van der Waals surface area (Å²) < 4.78 is 11.4. The summed E-state index contributed by atoms with van der Waals surface area (Å²) in [6.45, 7) is 4.33. The summed E-state index contributed by atoms with van der Waals surface area (Å²) >= 11 is 0. The van der Waals surface area contributed by atoms with Crippen LogP contribution in [0.1, 0.15) is 30.4 Å². The van der Waals surface area contributed by atoms with Crippen molar-refractivity contribution in [3.05, 3.63) is 35.4 Å². The fourth-order valence-electron chi connectivity index (χ4n) is 3.50. The molecular formula is C17H24O3. The molecule has 3 rings (SSSR count). The minimum absolute atomic E-state index is 0.115. The molecule has 0 bridgehead atoms. The molecule has 2 aliphatic rings. The molecule has 2 heterocycles. The Labute approximate surface area is 120 Å². The van der Waals surface area contributed by atoms with Gasteiger partial charge in [-0.15, -0.1) is 0 Å². The first-order valence-corrected chi connectivity index (χ1v) is 7.62. The standard InChI is InChI=1S/C17H24O3/c1-13-3-2-4-14(9-13)10-16(18)15-5-7-20-17(11-15)6-8-19-12-17/h2-4,9,15-16,18H,5-8,10-12H2,1H3. The first-order valence-electron chi connectivity index (χ1n) is 7.62. The Morgan fingerprint density at radius 3 is 3.05 bits per heavy atom. The normalized spacial score (nSPS) is 31.6. The highest BCUT2D eigenvalue weighted by Gasteiger charge is 2.42. The molecule has 110 valence electrons. The van der Waals surface area contributed by atoms with E-state index in [2.05, 4.69) is 31.2 Å². The van der Waals surface area contributed by atoms with Crippen LogP contribution in [0.5, 0.6) is 0 Å². The van der Waals surface area contributed by atoms with Gasteiger partial charge < -0.3 is 14.6 Å². The molecule has 3 nitrogen and oxygen atoms in total. The lowest BCUT2D eigenvalue weighted by Crippen LogP contribution is -2.44. The van der Waals surface area contributed by atoms with E-state index in [9.17, 15) is 5.11 Å². The van der Waals surface area contributed by atoms with Crippen molar-refractivity contribution in [2.45, 2.75) is 44.3 Å². The smallest absolute Gasteiger partial charge is 0.0940 e. The van der Waals surface area contributed by atoms with Gasteiger partial charge in [-0.1, -0.05) is 29.8 Å². The van der Waals surface area contributed by atoms with Gasteiger partial charge in [0.25, 0.3) is 0 Å². The second-order valence-corrected chi connectivity index (χ2v) is 6.35. The summed E-state index contributed by atoms with van der Waals surface area (Å²) in [5.74, 6) is 0.325. The number of ether oxygens (including phenoxy) is 2. The van der Waals surface area contributed by atoms with E-state index in [1.165, 1.54) is 11.1 Å². The van der Waals surface area contributed by atoms with Crippen molar-refractivity contribution < 1.29 is 14.6 Å². The molecule has 3 unspecified atom stereocenters. The van der Waals surface area contributed by atoms with Gasteiger partial charge >= 0.3 is 0 Å². The van der Waals surface area contributed by atoms with Crippen molar-refractivity contribution >= 4 is 0 Å². The topological polar surface area (TPSA) is 38.7 Å². The molecule has 20 heavy (non-hydrogen) atoms.